The number of aryl methyl sites for hydroxylation is 1. The van der Waals surface area contributed by atoms with Gasteiger partial charge in [0, 0.05) is 4.90 Å². The highest BCUT2D eigenvalue weighted by Gasteiger charge is 2.21. The summed E-state index contributed by atoms with van der Waals surface area (Å²) in [6.45, 7) is 5.08. The SMILES string of the molecule is CCOc1cccc2sc(N(Cc3ccccc3)C(=O)CSc3ccc(C)cc3)nc12. The largest absolute Gasteiger partial charge is 0.492 e. The summed E-state index contributed by atoms with van der Waals surface area (Å²) in [4.78, 5) is 21.0. The molecule has 0 aliphatic heterocycles. The van der Waals surface area contributed by atoms with E-state index in [0.29, 0.717) is 24.0 Å². The molecule has 0 N–H and O–H groups in total. The summed E-state index contributed by atoms with van der Waals surface area (Å²) in [6.07, 6.45) is 0. The molecule has 4 aromatic rings. The van der Waals surface area contributed by atoms with Crippen molar-refractivity contribution in [3.8, 4) is 5.75 Å². The Morgan fingerprint density at radius 2 is 1.81 bits per heavy atom. The van der Waals surface area contributed by atoms with Crippen LogP contribution in [-0.4, -0.2) is 23.3 Å². The molecule has 0 aliphatic carbocycles. The van der Waals surface area contributed by atoms with Crippen molar-refractivity contribution in [1.29, 1.82) is 0 Å². The van der Waals surface area contributed by atoms with Crippen molar-refractivity contribution in [3.63, 3.8) is 0 Å². The Hall–Kier alpha value is -2.83. The van der Waals surface area contributed by atoms with Gasteiger partial charge >= 0.3 is 0 Å². The number of thiazole rings is 1. The van der Waals surface area contributed by atoms with E-state index in [9.17, 15) is 4.79 Å². The van der Waals surface area contributed by atoms with Crippen LogP contribution in [0.2, 0.25) is 0 Å². The average Bonchev–Trinajstić information content (AvgIpc) is 3.23. The van der Waals surface area contributed by atoms with E-state index >= 15 is 0 Å². The molecule has 0 unspecified atom stereocenters. The van der Waals surface area contributed by atoms with Gasteiger partial charge in [-0.3, -0.25) is 9.69 Å². The fourth-order valence-corrected chi connectivity index (χ4v) is 4.96. The zero-order valence-corrected chi connectivity index (χ0v) is 19.2. The van der Waals surface area contributed by atoms with Crippen LogP contribution in [0.3, 0.4) is 0 Å². The van der Waals surface area contributed by atoms with Gasteiger partial charge in [0.2, 0.25) is 5.91 Å². The zero-order chi connectivity index (χ0) is 21.6. The van der Waals surface area contributed by atoms with Crippen molar-refractivity contribution in [2.75, 3.05) is 17.3 Å². The number of thioether (sulfide) groups is 1. The predicted molar refractivity (Wildman–Crippen MR) is 130 cm³/mol. The summed E-state index contributed by atoms with van der Waals surface area (Å²) < 4.78 is 6.75. The molecule has 1 amide bonds. The van der Waals surface area contributed by atoms with Crippen LogP contribution in [0.5, 0.6) is 5.75 Å². The van der Waals surface area contributed by atoms with Crippen LogP contribution >= 0.6 is 23.1 Å². The van der Waals surface area contributed by atoms with Gasteiger partial charge in [-0.15, -0.1) is 11.8 Å². The third kappa shape index (κ3) is 5.27. The topological polar surface area (TPSA) is 42.4 Å². The molecule has 31 heavy (non-hydrogen) atoms. The van der Waals surface area contributed by atoms with Crippen molar-refractivity contribution >= 4 is 44.4 Å². The number of rotatable bonds is 8. The van der Waals surface area contributed by atoms with Gasteiger partial charge in [0.15, 0.2) is 5.13 Å². The lowest BCUT2D eigenvalue weighted by atomic mass is 10.2. The maximum Gasteiger partial charge on any atom is 0.239 e. The Labute approximate surface area is 190 Å². The van der Waals surface area contributed by atoms with Gasteiger partial charge in [0.05, 0.1) is 23.6 Å². The molecule has 3 aromatic carbocycles. The maximum atomic E-state index is 13.3. The van der Waals surface area contributed by atoms with Gasteiger partial charge in [0.25, 0.3) is 0 Å². The minimum atomic E-state index is 0.0337. The van der Waals surface area contributed by atoms with E-state index in [2.05, 4.69) is 31.2 Å². The molecule has 4 rings (SSSR count). The van der Waals surface area contributed by atoms with Gasteiger partial charge in [0.1, 0.15) is 11.3 Å². The first-order valence-corrected chi connectivity index (χ1v) is 12.0. The number of fused-ring (bicyclic) bond motifs is 1. The third-order valence-corrected chi connectivity index (χ3v) is 6.81. The van der Waals surface area contributed by atoms with Gasteiger partial charge in [-0.25, -0.2) is 4.98 Å². The van der Waals surface area contributed by atoms with Crippen molar-refractivity contribution in [2.24, 2.45) is 0 Å². The molecule has 0 atom stereocenters. The Balaban J connectivity index is 1.62. The number of carbonyl (C=O) groups excluding carboxylic acids is 1. The molecule has 0 radical (unpaired) electrons. The first-order chi connectivity index (χ1) is 15.1. The summed E-state index contributed by atoms with van der Waals surface area (Å²) >= 11 is 3.07. The van der Waals surface area contributed by atoms with E-state index in [1.54, 1.807) is 16.7 Å². The summed E-state index contributed by atoms with van der Waals surface area (Å²) in [5.41, 5.74) is 3.09. The highest BCUT2D eigenvalue weighted by Crippen LogP contribution is 2.35. The fourth-order valence-electron chi connectivity index (χ4n) is 3.18. The number of aromatic nitrogens is 1. The standard InChI is InChI=1S/C25H24N2O2S2/c1-3-29-21-10-7-11-22-24(21)26-25(31-22)27(16-19-8-5-4-6-9-19)23(28)17-30-20-14-12-18(2)13-15-20/h4-15H,3,16-17H2,1-2H3. The molecule has 0 saturated heterocycles. The lowest BCUT2D eigenvalue weighted by Crippen LogP contribution is -2.31. The first-order valence-electron chi connectivity index (χ1n) is 10.2. The van der Waals surface area contributed by atoms with Gasteiger partial charge in [-0.1, -0.05) is 65.4 Å². The van der Waals surface area contributed by atoms with Crippen molar-refractivity contribution in [1.82, 2.24) is 4.98 Å². The molecule has 0 fully saturated rings. The Bertz CT molecular complexity index is 1160. The molecule has 158 valence electrons. The van der Waals surface area contributed by atoms with E-state index in [1.807, 2.05) is 55.5 Å². The second kappa shape index (κ2) is 9.98. The van der Waals surface area contributed by atoms with Crippen LogP contribution < -0.4 is 9.64 Å². The van der Waals surface area contributed by atoms with Gasteiger partial charge in [-0.2, -0.15) is 0 Å². The number of para-hydroxylation sites is 1. The Morgan fingerprint density at radius 3 is 2.55 bits per heavy atom. The Morgan fingerprint density at radius 1 is 1.03 bits per heavy atom. The van der Waals surface area contributed by atoms with Crippen LogP contribution in [-0.2, 0) is 11.3 Å². The van der Waals surface area contributed by atoms with Crippen molar-refractivity contribution in [2.45, 2.75) is 25.3 Å². The molecule has 1 heterocycles. The number of amides is 1. The summed E-state index contributed by atoms with van der Waals surface area (Å²) in [5, 5.41) is 0.695. The molecular formula is C25H24N2O2S2. The summed E-state index contributed by atoms with van der Waals surface area (Å²) in [7, 11) is 0. The number of nitrogens with zero attached hydrogens (tertiary/aromatic N) is 2. The van der Waals surface area contributed by atoms with Crippen molar-refractivity contribution in [3.05, 3.63) is 83.9 Å². The molecule has 1 aromatic heterocycles. The Kier molecular flexibility index (Phi) is 6.89. The second-order valence-electron chi connectivity index (χ2n) is 7.10. The average molecular weight is 449 g/mol. The first kappa shape index (κ1) is 21.4. The number of benzene rings is 3. The lowest BCUT2D eigenvalue weighted by Gasteiger charge is -2.20. The second-order valence-corrected chi connectivity index (χ2v) is 9.16. The van der Waals surface area contributed by atoms with E-state index in [-0.39, 0.29) is 5.91 Å². The van der Waals surface area contributed by atoms with Crippen molar-refractivity contribution < 1.29 is 9.53 Å². The summed E-state index contributed by atoms with van der Waals surface area (Å²) in [6, 6.07) is 24.2. The highest BCUT2D eigenvalue weighted by atomic mass is 32.2. The van der Waals surface area contributed by atoms with E-state index in [1.165, 1.54) is 16.9 Å². The number of anilines is 1. The monoisotopic (exact) mass is 448 g/mol. The molecule has 6 heteroatoms. The highest BCUT2D eigenvalue weighted by molar-refractivity contribution is 8.00. The van der Waals surface area contributed by atoms with Crippen LogP contribution in [0.15, 0.2) is 77.7 Å². The van der Waals surface area contributed by atoms with Gasteiger partial charge < -0.3 is 4.74 Å². The predicted octanol–water partition coefficient (Wildman–Crippen LogP) is 6.33. The number of hydrogen-bond acceptors (Lipinski definition) is 5. The molecule has 0 saturated carbocycles. The maximum absolute atomic E-state index is 13.3. The van der Waals surface area contributed by atoms with E-state index in [0.717, 1.165) is 26.4 Å². The smallest absolute Gasteiger partial charge is 0.239 e. The molecule has 4 nitrogen and oxygen atoms in total. The zero-order valence-electron chi connectivity index (χ0n) is 17.6. The van der Waals surface area contributed by atoms with Crippen LogP contribution in [0.1, 0.15) is 18.1 Å². The number of ether oxygens (including phenoxy) is 1. The number of hydrogen-bond donors (Lipinski definition) is 0. The van der Waals surface area contributed by atoms with E-state index < -0.39 is 0 Å². The quantitative estimate of drug-likeness (QED) is 0.295. The summed E-state index contributed by atoms with van der Waals surface area (Å²) in [5.74, 6) is 1.14. The van der Waals surface area contributed by atoms with Crippen LogP contribution in [0.4, 0.5) is 5.13 Å². The molecule has 0 aliphatic rings. The normalized spacial score (nSPS) is 10.9. The lowest BCUT2D eigenvalue weighted by molar-refractivity contribution is -0.116. The van der Waals surface area contributed by atoms with Crippen LogP contribution in [0, 0.1) is 6.92 Å². The minimum Gasteiger partial charge on any atom is -0.492 e. The number of carbonyl (C=O) groups is 1. The minimum absolute atomic E-state index is 0.0337. The van der Waals surface area contributed by atoms with E-state index in [4.69, 9.17) is 9.72 Å². The fraction of sp³-hybridized carbons (Fsp3) is 0.200. The molecular weight excluding hydrogens is 424 g/mol. The van der Waals surface area contributed by atoms with Crippen LogP contribution in [0.25, 0.3) is 10.2 Å². The molecule has 0 spiro atoms. The molecule has 0 bridgehead atoms. The van der Waals surface area contributed by atoms with Gasteiger partial charge in [-0.05, 0) is 43.7 Å². The third-order valence-electron chi connectivity index (χ3n) is 4.77.